The monoisotopic (exact) mass is 317 g/mol. The van der Waals surface area contributed by atoms with Crippen LogP contribution < -0.4 is 5.32 Å². The zero-order chi connectivity index (χ0) is 13.8. The van der Waals surface area contributed by atoms with Gasteiger partial charge < -0.3 is 9.88 Å². The van der Waals surface area contributed by atoms with Crippen molar-refractivity contribution < 1.29 is 0 Å². The summed E-state index contributed by atoms with van der Waals surface area (Å²) in [6, 6.07) is 1.92. The normalized spacial score (nSPS) is 12.8. The van der Waals surface area contributed by atoms with Gasteiger partial charge in [-0.3, -0.25) is 0 Å². The Morgan fingerprint density at radius 1 is 1.42 bits per heavy atom. The van der Waals surface area contributed by atoms with Crippen LogP contribution in [-0.4, -0.2) is 16.1 Å². The van der Waals surface area contributed by atoms with E-state index in [1.807, 2.05) is 18.5 Å². The molecule has 0 fully saturated rings. The van der Waals surface area contributed by atoms with Crippen molar-refractivity contribution in [3.63, 3.8) is 0 Å². The molecule has 2 aromatic rings. The molecule has 0 saturated carbocycles. The van der Waals surface area contributed by atoms with E-state index < -0.39 is 0 Å². The predicted octanol–water partition coefficient (Wildman–Crippen LogP) is 4.36. The maximum absolute atomic E-state index is 6.29. The Morgan fingerprint density at radius 3 is 2.79 bits per heavy atom. The summed E-state index contributed by atoms with van der Waals surface area (Å²) in [7, 11) is 0. The molecule has 1 unspecified atom stereocenters. The van der Waals surface area contributed by atoms with Gasteiger partial charge in [-0.1, -0.05) is 30.1 Å². The molecule has 2 rings (SSSR count). The number of imidazole rings is 1. The highest BCUT2D eigenvalue weighted by Gasteiger charge is 2.22. The first-order chi connectivity index (χ1) is 9.17. The number of hydrogen-bond acceptors (Lipinski definition) is 3. The molecule has 0 bridgehead atoms. The minimum Gasteiger partial charge on any atom is -0.334 e. The van der Waals surface area contributed by atoms with Crippen molar-refractivity contribution in [2.75, 3.05) is 6.54 Å². The van der Waals surface area contributed by atoms with E-state index in [0.717, 1.165) is 35.2 Å². The van der Waals surface area contributed by atoms with Gasteiger partial charge in [-0.05, 0) is 26.0 Å². The van der Waals surface area contributed by atoms with Crippen LogP contribution in [0.5, 0.6) is 0 Å². The maximum Gasteiger partial charge on any atom is 0.130 e. The van der Waals surface area contributed by atoms with Crippen LogP contribution in [0.1, 0.15) is 37.7 Å². The first-order valence-electron chi connectivity index (χ1n) is 6.36. The van der Waals surface area contributed by atoms with Gasteiger partial charge in [0.1, 0.15) is 5.82 Å². The molecular weight excluding hydrogens is 301 g/mol. The number of nitrogens with zero attached hydrogens (tertiary/aromatic N) is 2. The van der Waals surface area contributed by atoms with Crippen molar-refractivity contribution in [2.24, 2.45) is 0 Å². The van der Waals surface area contributed by atoms with Crippen LogP contribution in [0.3, 0.4) is 0 Å². The predicted molar refractivity (Wildman–Crippen MR) is 82.4 cm³/mol. The van der Waals surface area contributed by atoms with Crippen LogP contribution in [-0.2, 0) is 6.54 Å². The quantitative estimate of drug-likeness (QED) is 0.857. The zero-order valence-electron chi connectivity index (χ0n) is 11.0. The molecule has 2 heterocycles. The zero-order valence-corrected chi connectivity index (χ0v) is 13.3. The Morgan fingerprint density at radius 2 is 2.21 bits per heavy atom. The fourth-order valence-corrected chi connectivity index (χ4v) is 3.56. The van der Waals surface area contributed by atoms with Gasteiger partial charge in [-0.2, -0.15) is 0 Å². The lowest BCUT2D eigenvalue weighted by Gasteiger charge is -2.19. The second kappa shape index (κ2) is 6.75. The summed E-state index contributed by atoms with van der Waals surface area (Å²) < 4.78 is 3.55. The van der Waals surface area contributed by atoms with Gasteiger partial charge in [0.2, 0.25) is 0 Å². The Hall–Kier alpha value is -0.550. The van der Waals surface area contributed by atoms with Crippen LogP contribution in [0.4, 0.5) is 0 Å². The summed E-state index contributed by atoms with van der Waals surface area (Å²) in [5.41, 5.74) is 1.01. The smallest absolute Gasteiger partial charge is 0.130 e. The van der Waals surface area contributed by atoms with Crippen molar-refractivity contribution in [2.45, 2.75) is 32.9 Å². The number of thiophene rings is 1. The molecule has 0 amide bonds. The molecule has 0 aliphatic rings. The van der Waals surface area contributed by atoms with Crippen LogP contribution in [0.15, 0.2) is 18.5 Å². The molecule has 3 nitrogen and oxygen atoms in total. The van der Waals surface area contributed by atoms with Crippen molar-refractivity contribution in [3.8, 4) is 0 Å². The van der Waals surface area contributed by atoms with E-state index in [-0.39, 0.29) is 6.04 Å². The third-order valence-electron chi connectivity index (χ3n) is 2.94. The van der Waals surface area contributed by atoms with E-state index in [1.165, 1.54) is 11.3 Å². The lowest BCUT2D eigenvalue weighted by molar-refractivity contribution is 0.543. The molecule has 0 saturated heterocycles. The van der Waals surface area contributed by atoms with Gasteiger partial charge in [0.05, 0.1) is 14.7 Å². The minimum atomic E-state index is -0.00819. The highest BCUT2D eigenvalue weighted by molar-refractivity contribution is 7.20. The second-order valence-electron chi connectivity index (χ2n) is 4.24. The average molecular weight is 318 g/mol. The fraction of sp³-hybridized carbons (Fsp3) is 0.462. The van der Waals surface area contributed by atoms with Gasteiger partial charge >= 0.3 is 0 Å². The van der Waals surface area contributed by atoms with Gasteiger partial charge in [0, 0.05) is 24.5 Å². The number of rotatable bonds is 6. The molecule has 0 aromatic carbocycles. The van der Waals surface area contributed by atoms with E-state index in [9.17, 15) is 0 Å². The summed E-state index contributed by atoms with van der Waals surface area (Å²) >= 11 is 13.7. The van der Waals surface area contributed by atoms with Gasteiger partial charge in [-0.25, -0.2) is 4.98 Å². The Bertz CT molecular complexity index is 536. The van der Waals surface area contributed by atoms with E-state index in [0.29, 0.717) is 4.34 Å². The van der Waals surface area contributed by atoms with E-state index in [2.05, 4.69) is 28.7 Å². The van der Waals surface area contributed by atoms with E-state index in [4.69, 9.17) is 23.2 Å². The second-order valence-corrected chi connectivity index (χ2v) is 6.52. The summed E-state index contributed by atoms with van der Waals surface area (Å²) in [6.07, 6.45) is 4.86. The van der Waals surface area contributed by atoms with Crippen LogP contribution in [0.25, 0.3) is 0 Å². The number of hydrogen-bond donors (Lipinski definition) is 1. The van der Waals surface area contributed by atoms with Crippen LogP contribution in [0, 0.1) is 0 Å². The highest BCUT2D eigenvalue weighted by atomic mass is 35.5. The van der Waals surface area contributed by atoms with Gasteiger partial charge in [0.15, 0.2) is 0 Å². The summed E-state index contributed by atoms with van der Waals surface area (Å²) in [6.45, 7) is 6.03. The van der Waals surface area contributed by atoms with E-state index in [1.54, 1.807) is 0 Å². The maximum atomic E-state index is 6.29. The molecule has 1 N–H and O–H groups in total. The molecule has 0 spiro atoms. The minimum absolute atomic E-state index is 0.00819. The fourth-order valence-electron chi connectivity index (χ4n) is 2.03. The third kappa shape index (κ3) is 3.31. The number of nitrogens with one attached hydrogen (secondary N) is 1. The first-order valence-corrected chi connectivity index (χ1v) is 7.93. The Labute approximate surface area is 127 Å². The standard InChI is InChI=1S/C13H17Cl2N3S/c1-3-5-16-11(9-8-10(14)19-12(9)15)13-17-6-7-18(13)4-2/h6-8,11,16H,3-5H2,1-2H3. The van der Waals surface area contributed by atoms with Crippen molar-refractivity contribution in [1.82, 2.24) is 14.9 Å². The number of aryl methyl sites for hydroxylation is 1. The molecule has 1 atom stereocenters. The molecule has 19 heavy (non-hydrogen) atoms. The van der Waals surface area contributed by atoms with Crippen LogP contribution >= 0.6 is 34.5 Å². The third-order valence-corrected chi connectivity index (χ3v) is 4.46. The molecular formula is C13H17Cl2N3S. The molecule has 104 valence electrons. The summed E-state index contributed by atoms with van der Waals surface area (Å²) in [5, 5.41) is 3.50. The van der Waals surface area contributed by atoms with Crippen molar-refractivity contribution in [1.29, 1.82) is 0 Å². The van der Waals surface area contributed by atoms with Crippen LogP contribution in [0.2, 0.25) is 8.67 Å². The highest BCUT2D eigenvalue weighted by Crippen LogP contribution is 2.37. The molecule has 6 heteroatoms. The molecule has 0 radical (unpaired) electrons. The lowest BCUT2D eigenvalue weighted by atomic mass is 10.1. The first kappa shape index (κ1) is 14.9. The Kier molecular flexibility index (Phi) is 5.28. The largest absolute Gasteiger partial charge is 0.334 e. The molecule has 0 aliphatic heterocycles. The summed E-state index contributed by atoms with van der Waals surface area (Å²) in [5.74, 6) is 0.979. The average Bonchev–Trinajstić information content (AvgIpc) is 2.97. The molecule has 0 aliphatic carbocycles. The topological polar surface area (TPSA) is 29.9 Å². The van der Waals surface area contributed by atoms with Crippen molar-refractivity contribution in [3.05, 3.63) is 38.5 Å². The molecule has 2 aromatic heterocycles. The van der Waals surface area contributed by atoms with Gasteiger partial charge in [0.25, 0.3) is 0 Å². The Balaban J connectivity index is 2.38. The van der Waals surface area contributed by atoms with Crippen molar-refractivity contribution >= 4 is 34.5 Å². The summed E-state index contributed by atoms with van der Waals surface area (Å²) in [4.78, 5) is 4.47. The number of halogens is 2. The SMILES string of the molecule is CCCNC(c1cc(Cl)sc1Cl)c1nccn1CC. The van der Waals surface area contributed by atoms with Gasteiger partial charge in [-0.15, -0.1) is 11.3 Å². The van der Waals surface area contributed by atoms with E-state index >= 15 is 0 Å². The lowest BCUT2D eigenvalue weighted by Crippen LogP contribution is -2.26. The number of aromatic nitrogens is 2.